The first-order chi connectivity index (χ1) is 19.4. The number of hydrogen-bond acceptors (Lipinski definition) is 8. The quantitative estimate of drug-likeness (QED) is 0.189. The highest BCUT2D eigenvalue weighted by Gasteiger charge is 2.32. The second-order valence-corrected chi connectivity index (χ2v) is 9.00. The van der Waals surface area contributed by atoms with Gasteiger partial charge in [-0.05, 0) is 53.6 Å². The van der Waals surface area contributed by atoms with Gasteiger partial charge < -0.3 is 0 Å². The summed E-state index contributed by atoms with van der Waals surface area (Å²) in [6, 6.07) is 18.8. The molecular formula is C30H8F2N8. The van der Waals surface area contributed by atoms with Crippen molar-refractivity contribution in [3.05, 3.63) is 93.8 Å². The Bertz CT molecular complexity index is 2260. The fraction of sp³-hybridized carbons (Fsp3) is 0. The molecule has 40 heavy (non-hydrogen) atoms. The van der Waals surface area contributed by atoms with Crippen molar-refractivity contribution in [1.29, 1.82) is 21.0 Å². The van der Waals surface area contributed by atoms with Crippen LogP contribution in [-0.4, -0.2) is 19.9 Å². The molecule has 0 amide bonds. The monoisotopic (exact) mass is 518 g/mol. The van der Waals surface area contributed by atoms with E-state index >= 15 is 0 Å². The third kappa shape index (κ3) is 2.99. The number of nitrogens with zero attached hydrogens (tertiary/aromatic N) is 8. The lowest BCUT2D eigenvalue weighted by Crippen LogP contribution is -1.98. The van der Waals surface area contributed by atoms with Crippen LogP contribution in [-0.2, 0) is 0 Å². The van der Waals surface area contributed by atoms with Crippen molar-refractivity contribution in [2.75, 3.05) is 0 Å². The van der Waals surface area contributed by atoms with Crippen LogP contribution in [0.25, 0.3) is 55.7 Å². The summed E-state index contributed by atoms with van der Waals surface area (Å²) in [4.78, 5) is 18.9. The molecule has 10 heteroatoms. The number of allylic oxidation sites excluding steroid dienone is 2. The first-order valence-electron chi connectivity index (χ1n) is 11.7. The van der Waals surface area contributed by atoms with Crippen molar-refractivity contribution < 1.29 is 8.78 Å². The molecule has 8 nitrogen and oxygen atoms in total. The molecule has 0 unspecified atom stereocenters. The normalized spacial score (nSPS) is 12.1. The lowest BCUT2D eigenvalue weighted by molar-refractivity contribution is 0.627. The molecule has 2 aliphatic carbocycles. The zero-order chi connectivity index (χ0) is 27.7. The van der Waals surface area contributed by atoms with Gasteiger partial charge in [-0.25, -0.2) is 28.7 Å². The fourth-order valence-electron chi connectivity index (χ4n) is 5.23. The van der Waals surface area contributed by atoms with E-state index in [4.69, 9.17) is 19.9 Å². The van der Waals surface area contributed by atoms with E-state index in [1.165, 1.54) is 36.4 Å². The summed E-state index contributed by atoms with van der Waals surface area (Å²) < 4.78 is 28.4. The van der Waals surface area contributed by atoms with Crippen LogP contribution < -0.4 is 0 Å². The molecule has 3 aromatic carbocycles. The first-order valence-corrected chi connectivity index (χ1v) is 11.7. The van der Waals surface area contributed by atoms with Gasteiger partial charge in [0.15, 0.2) is 0 Å². The summed E-state index contributed by atoms with van der Waals surface area (Å²) in [6.45, 7) is 0. The van der Waals surface area contributed by atoms with Crippen LogP contribution in [0.2, 0.25) is 0 Å². The molecule has 5 aromatic rings. The third-order valence-electron chi connectivity index (χ3n) is 6.88. The van der Waals surface area contributed by atoms with E-state index in [1.807, 2.05) is 24.3 Å². The molecule has 0 saturated heterocycles. The van der Waals surface area contributed by atoms with Crippen molar-refractivity contribution in [1.82, 2.24) is 19.9 Å². The predicted molar refractivity (Wildman–Crippen MR) is 138 cm³/mol. The molecule has 0 saturated carbocycles. The Kier molecular flexibility index (Phi) is 4.60. The number of rotatable bonds is 0. The Hall–Kier alpha value is -6.36. The van der Waals surface area contributed by atoms with Gasteiger partial charge in [-0.15, -0.1) is 0 Å². The van der Waals surface area contributed by atoms with Gasteiger partial charge in [-0.2, -0.15) is 21.0 Å². The second kappa shape index (κ2) is 8.07. The zero-order valence-electron chi connectivity index (χ0n) is 20.0. The van der Waals surface area contributed by atoms with E-state index in [1.54, 1.807) is 12.1 Å². The summed E-state index contributed by atoms with van der Waals surface area (Å²) in [6.07, 6.45) is 0. The van der Waals surface area contributed by atoms with Crippen LogP contribution in [0.1, 0.15) is 22.5 Å². The Morgan fingerprint density at radius 3 is 1.38 bits per heavy atom. The van der Waals surface area contributed by atoms with E-state index in [0.29, 0.717) is 55.7 Å². The largest absolute Gasteiger partial charge is 0.244 e. The maximum atomic E-state index is 14.2. The molecule has 0 spiro atoms. The Labute approximate surface area is 223 Å². The van der Waals surface area contributed by atoms with Crippen molar-refractivity contribution in [2.24, 2.45) is 0 Å². The van der Waals surface area contributed by atoms with Crippen molar-refractivity contribution in [2.45, 2.75) is 0 Å². The highest BCUT2D eigenvalue weighted by Crippen LogP contribution is 2.46. The van der Waals surface area contributed by atoms with Gasteiger partial charge in [-0.1, -0.05) is 6.07 Å². The van der Waals surface area contributed by atoms with Crippen LogP contribution in [0.4, 0.5) is 8.78 Å². The second-order valence-electron chi connectivity index (χ2n) is 9.00. The van der Waals surface area contributed by atoms with Crippen molar-refractivity contribution in [3.8, 4) is 46.8 Å². The van der Waals surface area contributed by atoms with Crippen molar-refractivity contribution in [3.63, 3.8) is 0 Å². The SMILES string of the molecule is N#CC(C#N)=C1c2cc(F)ccc2-c2nc3cc4nc5c(nc4cc3nc21)-c1cc(F)ccc1C5=C(C#N)C#N. The number of fused-ring (bicyclic) bond motifs is 8. The van der Waals surface area contributed by atoms with Crippen LogP contribution in [0.3, 0.4) is 0 Å². The van der Waals surface area contributed by atoms with E-state index in [0.717, 1.165) is 0 Å². The average Bonchev–Trinajstić information content (AvgIpc) is 3.42. The van der Waals surface area contributed by atoms with Crippen LogP contribution in [0.15, 0.2) is 59.7 Å². The van der Waals surface area contributed by atoms with Gasteiger partial charge in [0.1, 0.15) is 47.1 Å². The molecule has 0 aliphatic heterocycles. The maximum Gasteiger partial charge on any atom is 0.139 e. The topological polar surface area (TPSA) is 147 Å². The number of hydrogen-bond donors (Lipinski definition) is 0. The molecule has 0 bridgehead atoms. The molecular weight excluding hydrogens is 510 g/mol. The Morgan fingerprint density at radius 2 is 0.875 bits per heavy atom. The molecule has 182 valence electrons. The summed E-state index contributed by atoms with van der Waals surface area (Å²) in [5, 5.41) is 38.4. The Balaban J connectivity index is 1.54. The molecule has 0 N–H and O–H groups in total. The van der Waals surface area contributed by atoms with Crippen LogP contribution in [0, 0.1) is 57.0 Å². The van der Waals surface area contributed by atoms with Gasteiger partial charge in [0.2, 0.25) is 0 Å². The molecule has 2 aromatic heterocycles. The van der Waals surface area contributed by atoms with E-state index < -0.39 is 11.6 Å². The predicted octanol–water partition coefficient (Wildman–Crippen LogP) is 5.51. The summed E-state index contributed by atoms with van der Waals surface area (Å²) in [5.74, 6) is -1.04. The summed E-state index contributed by atoms with van der Waals surface area (Å²) >= 11 is 0. The molecule has 2 heterocycles. The van der Waals surface area contributed by atoms with Crippen LogP contribution in [0.5, 0.6) is 0 Å². The lowest BCUT2D eigenvalue weighted by Gasteiger charge is -2.07. The van der Waals surface area contributed by atoms with Gasteiger partial charge in [0.25, 0.3) is 0 Å². The molecule has 0 atom stereocenters. The minimum atomic E-state index is -0.535. The van der Waals surface area contributed by atoms with Crippen molar-refractivity contribution >= 4 is 33.2 Å². The summed E-state index contributed by atoms with van der Waals surface area (Å²) in [5.41, 5.74) is 4.64. The minimum absolute atomic E-state index is 0.174. The van der Waals surface area contributed by atoms with Gasteiger partial charge >= 0.3 is 0 Å². The minimum Gasteiger partial charge on any atom is -0.244 e. The van der Waals surface area contributed by atoms with Gasteiger partial charge in [-0.3, -0.25) is 0 Å². The highest BCUT2D eigenvalue weighted by molar-refractivity contribution is 6.06. The van der Waals surface area contributed by atoms with E-state index in [-0.39, 0.29) is 33.7 Å². The van der Waals surface area contributed by atoms with Gasteiger partial charge in [0, 0.05) is 22.3 Å². The smallest absolute Gasteiger partial charge is 0.139 e. The molecule has 2 aliphatic rings. The van der Waals surface area contributed by atoms with E-state index in [2.05, 4.69) is 0 Å². The number of aromatic nitrogens is 4. The van der Waals surface area contributed by atoms with Crippen LogP contribution >= 0.6 is 0 Å². The number of halogens is 2. The standard InChI is InChI=1S/C30H8F2N8/c31-15-2-4-18-19(5-15)26(14(11-35)12-36)30-27(18)37-21-7-24-22(8-23(21)40-30)38-28-20-6-16(32)1-3-17(20)25(29(28)39-24)13(9-33)10-34/h1-8H. The number of benzene rings is 3. The first kappa shape index (κ1) is 22.8. The lowest BCUT2D eigenvalue weighted by atomic mass is 10.0. The maximum absolute atomic E-state index is 14.2. The zero-order valence-corrected chi connectivity index (χ0v) is 20.0. The van der Waals surface area contributed by atoms with E-state index in [9.17, 15) is 29.8 Å². The average molecular weight is 518 g/mol. The molecule has 0 radical (unpaired) electrons. The summed E-state index contributed by atoms with van der Waals surface area (Å²) in [7, 11) is 0. The highest BCUT2D eigenvalue weighted by atomic mass is 19.1. The third-order valence-corrected chi connectivity index (χ3v) is 6.88. The fourth-order valence-corrected chi connectivity index (χ4v) is 5.23. The molecule has 7 rings (SSSR count). The number of nitriles is 4. The Morgan fingerprint density at radius 1 is 0.475 bits per heavy atom. The molecule has 0 fully saturated rings. The van der Waals surface area contributed by atoms with Gasteiger partial charge in [0.05, 0.1) is 44.8 Å².